The van der Waals surface area contributed by atoms with Gasteiger partial charge in [0.2, 0.25) is 5.91 Å². The zero-order chi connectivity index (χ0) is 13.3. The van der Waals surface area contributed by atoms with Crippen molar-refractivity contribution < 1.29 is 4.79 Å². The van der Waals surface area contributed by atoms with Crippen LogP contribution in [0.2, 0.25) is 0 Å². The molecule has 1 aliphatic heterocycles. The number of rotatable bonds is 2. The zero-order valence-electron chi connectivity index (χ0n) is 11.9. The van der Waals surface area contributed by atoms with Crippen molar-refractivity contribution in [1.29, 1.82) is 0 Å². The van der Waals surface area contributed by atoms with Crippen LogP contribution in [0.4, 0.5) is 0 Å². The van der Waals surface area contributed by atoms with Crippen molar-refractivity contribution in [3.05, 3.63) is 24.3 Å². The fourth-order valence-corrected chi connectivity index (χ4v) is 1.73. The van der Waals surface area contributed by atoms with Crippen LogP contribution in [0.5, 0.6) is 0 Å². The van der Waals surface area contributed by atoms with Crippen molar-refractivity contribution in [1.82, 2.24) is 5.32 Å². The van der Waals surface area contributed by atoms with E-state index in [2.05, 4.69) is 59.0 Å². The fraction of sp³-hybridized carbons (Fsp3) is 0.667. The number of carbonyl (C=O) groups is 1. The Morgan fingerprint density at radius 3 is 2.06 bits per heavy atom. The van der Waals surface area contributed by atoms with Gasteiger partial charge in [0, 0.05) is 5.41 Å². The number of carbonyl (C=O) groups excluding carboxylic acids is 1. The Morgan fingerprint density at radius 1 is 1.00 bits per heavy atom. The summed E-state index contributed by atoms with van der Waals surface area (Å²) in [5.41, 5.74) is -0.314. The lowest BCUT2D eigenvalue weighted by atomic mass is 9.75. The van der Waals surface area contributed by atoms with Gasteiger partial charge in [0.15, 0.2) is 0 Å². The van der Waals surface area contributed by atoms with Crippen LogP contribution >= 0.6 is 0 Å². The van der Waals surface area contributed by atoms with Crippen LogP contribution in [0.15, 0.2) is 24.3 Å². The van der Waals surface area contributed by atoms with E-state index in [0.29, 0.717) is 11.8 Å². The molecule has 0 aliphatic carbocycles. The molecule has 1 rings (SSSR count). The molecule has 0 bridgehead atoms. The third kappa shape index (κ3) is 2.99. The lowest BCUT2D eigenvalue weighted by molar-refractivity contribution is -0.118. The Labute approximate surface area is 105 Å². The SMILES string of the molecule is CC(C)C1(C)/C=C\C(=O)NC(C)(C(C)C)/C=C\1. The summed E-state index contributed by atoms with van der Waals surface area (Å²) in [4.78, 5) is 11.8. The van der Waals surface area contributed by atoms with Gasteiger partial charge in [-0.15, -0.1) is 0 Å². The smallest absolute Gasteiger partial charge is 0.244 e. The molecule has 0 aromatic heterocycles. The maximum Gasteiger partial charge on any atom is 0.244 e. The maximum absolute atomic E-state index is 11.8. The summed E-state index contributed by atoms with van der Waals surface area (Å²) in [6.45, 7) is 12.9. The van der Waals surface area contributed by atoms with Gasteiger partial charge in [-0.05, 0) is 24.8 Å². The molecule has 96 valence electrons. The van der Waals surface area contributed by atoms with Crippen molar-refractivity contribution >= 4 is 5.91 Å². The molecule has 2 heteroatoms. The van der Waals surface area contributed by atoms with Crippen molar-refractivity contribution in [3.63, 3.8) is 0 Å². The lowest BCUT2D eigenvalue weighted by Gasteiger charge is -2.36. The zero-order valence-corrected chi connectivity index (χ0v) is 11.9. The van der Waals surface area contributed by atoms with Crippen LogP contribution in [0.3, 0.4) is 0 Å². The molecule has 2 atom stereocenters. The van der Waals surface area contributed by atoms with E-state index >= 15 is 0 Å². The molecular weight excluding hydrogens is 210 g/mol. The second-order valence-corrected chi connectivity index (χ2v) is 6.11. The first-order chi connectivity index (χ1) is 7.69. The van der Waals surface area contributed by atoms with Gasteiger partial charge in [0.05, 0.1) is 5.54 Å². The van der Waals surface area contributed by atoms with E-state index in [1.54, 1.807) is 6.08 Å². The summed E-state index contributed by atoms with van der Waals surface area (Å²) in [7, 11) is 0. The molecule has 0 fully saturated rings. The summed E-state index contributed by atoms with van der Waals surface area (Å²) in [5, 5.41) is 3.06. The van der Waals surface area contributed by atoms with E-state index in [4.69, 9.17) is 0 Å². The van der Waals surface area contributed by atoms with Crippen LogP contribution in [0.25, 0.3) is 0 Å². The molecule has 1 heterocycles. The highest BCUT2D eigenvalue weighted by atomic mass is 16.1. The summed E-state index contributed by atoms with van der Waals surface area (Å²) in [6, 6.07) is 0. The van der Waals surface area contributed by atoms with Crippen LogP contribution in [-0.2, 0) is 4.79 Å². The normalized spacial score (nSPS) is 37.5. The highest BCUT2D eigenvalue weighted by Crippen LogP contribution is 2.33. The van der Waals surface area contributed by atoms with Gasteiger partial charge >= 0.3 is 0 Å². The van der Waals surface area contributed by atoms with Gasteiger partial charge in [0.25, 0.3) is 0 Å². The van der Waals surface area contributed by atoms with E-state index in [0.717, 1.165) is 0 Å². The van der Waals surface area contributed by atoms with E-state index in [9.17, 15) is 4.79 Å². The van der Waals surface area contributed by atoms with E-state index in [1.807, 2.05) is 6.08 Å². The van der Waals surface area contributed by atoms with Crippen LogP contribution in [-0.4, -0.2) is 11.4 Å². The number of allylic oxidation sites excluding steroid dienone is 2. The van der Waals surface area contributed by atoms with Crippen LogP contribution in [0, 0.1) is 17.3 Å². The molecule has 0 saturated heterocycles. The van der Waals surface area contributed by atoms with Gasteiger partial charge in [-0.2, -0.15) is 0 Å². The van der Waals surface area contributed by atoms with Gasteiger partial charge in [-0.25, -0.2) is 0 Å². The first-order valence-electron chi connectivity index (χ1n) is 6.41. The topological polar surface area (TPSA) is 29.1 Å². The Balaban J connectivity index is 3.15. The molecule has 2 nitrogen and oxygen atoms in total. The quantitative estimate of drug-likeness (QED) is 0.731. The Morgan fingerprint density at radius 2 is 1.59 bits per heavy atom. The van der Waals surface area contributed by atoms with Crippen LogP contribution in [0.1, 0.15) is 41.5 Å². The molecular formula is C15H25NO. The largest absolute Gasteiger partial charge is 0.344 e. The highest BCUT2D eigenvalue weighted by Gasteiger charge is 2.31. The standard InChI is InChI=1S/C15H25NO/c1-11(2)14(5)8-7-13(17)16-15(6,10-9-14)12(3)4/h7-12H,1-6H3,(H,16,17)/b8-7-,10-9-. The van der Waals surface area contributed by atoms with Gasteiger partial charge in [0.1, 0.15) is 0 Å². The molecule has 2 unspecified atom stereocenters. The molecule has 0 aromatic carbocycles. The van der Waals surface area contributed by atoms with E-state index < -0.39 is 0 Å². The Hall–Kier alpha value is -1.05. The maximum atomic E-state index is 11.8. The van der Waals surface area contributed by atoms with Gasteiger partial charge < -0.3 is 5.32 Å². The monoisotopic (exact) mass is 235 g/mol. The van der Waals surface area contributed by atoms with E-state index in [1.165, 1.54) is 0 Å². The summed E-state index contributed by atoms with van der Waals surface area (Å²) in [5.74, 6) is 0.834. The predicted octanol–water partition coefficient (Wildman–Crippen LogP) is 3.31. The minimum absolute atomic E-state index is 0.00238. The molecule has 1 N–H and O–H groups in total. The number of hydrogen-bond donors (Lipinski definition) is 1. The number of hydrogen-bond acceptors (Lipinski definition) is 1. The first kappa shape index (κ1) is 14.0. The lowest BCUT2D eigenvalue weighted by Crippen LogP contribution is -2.48. The van der Waals surface area contributed by atoms with Crippen LogP contribution < -0.4 is 5.32 Å². The molecule has 1 aliphatic rings. The Bertz CT molecular complexity index is 354. The Kier molecular flexibility index (Phi) is 3.85. The van der Waals surface area contributed by atoms with Crippen molar-refractivity contribution in [2.45, 2.75) is 47.1 Å². The third-order valence-electron chi connectivity index (χ3n) is 4.22. The number of nitrogens with one attached hydrogen (secondary N) is 1. The summed E-state index contributed by atoms with van der Waals surface area (Å²) >= 11 is 0. The third-order valence-corrected chi connectivity index (χ3v) is 4.22. The van der Waals surface area contributed by atoms with Gasteiger partial charge in [-0.1, -0.05) is 52.8 Å². The summed E-state index contributed by atoms with van der Waals surface area (Å²) < 4.78 is 0. The summed E-state index contributed by atoms with van der Waals surface area (Å²) in [6.07, 6.45) is 8.06. The number of amides is 1. The second kappa shape index (κ2) is 4.67. The molecule has 17 heavy (non-hydrogen) atoms. The van der Waals surface area contributed by atoms with Crippen molar-refractivity contribution in [2.75, 3.05) is 0 Å². The fourth-order valence-electron chi connectivity index (χ4n) is 1.73. The predicted molar refractivity (Wildman–Crippen MR) is 72.6 cm³/mol. The minimum Gasteiger partial charge on any atom is -0.344 e. The molecule has 0 spiro atoms. The van der Waals surface area contributed by atoms with Crippen molar-refractivity contribution in [3.8, 4) is 0 Å². The molecule has 0 radical (unpaired) electrons. The first-order valence-corrected chi connectivity index (χ1v) is 6.41. The van der Waals surface area contributed by atoms with E-state index in [-0.39, 0.29) is 16.9 Å². The highest BCUT2D eigenvalue weighted by molar-refractivity contribution is 5.88. The average Bonchev–Trinajstić information content (AvgIpc) is 2.21. The molecule has 1 amide bonds. The molecule has 0 aromatic rings. The van der Waals surface area contributed by atoms with Crippen molar-refractivity contribution in [2.24, 2.45) is 17.3 Å². The second-order valence-electron chi connectivity index (χ2n) is 6.11. The molecule has 0 saturated carbocycles. The minimum atomic E-state index is -0.266. The average molecular weight is 235 g/mol. The van der Waals surface area contributed by atoms with Gasteiger partial charge in [-0.3, -0.25) is 4.79 Å².